The first-order chi connectivity index (χ1) is 13.5. The summed E-state index contributed by atoms with van der Waals surface area (Å²) >= 11 is 0. The monoisotopic (exact) mass is 373 g/mol. The minimum Gasteiger partial charge on any atom is -0.326 e. The van der Waals surface area contributed by atoms with E-state index >= 15 is 0 Å². The lowest BCUT2D eigenvalue weighted by atomic mass is 10.0. The van der Waals surface area contributed by atoms with Crippen molar-refractivity contribution in [2.75, 3.05) is 5.32 Å². The standard InChI is InChI=1S/C23H23N3O2/c1-15-21(14-17-6-4-3-5-7-17)16(2)26(25-15)23(28)19-10-12-20(13-11-19)24-22(27)18-8-9-18/h3-7,10-13,18H,8-9,14H2,1-2H3,(H,24,27). The Bertz CT molecular complexity index is 1020. The van der Waals surface area contributed by atoms with E-state index in [4.69, 9.17) is 0 Å². The molecule has 0 atom stereocenters. The topological polar surface area (TPSA) is 64.0 Å². The number of anilines is 1. The van der Waals surface area contributed by atoms with Gasteiger partial charge in [-0.25, -0.2) is 4.68 Å². The number of aromatic nitrogens is 2. The van der Waals surface area contributed by atoms with Crippen LogP contribution in [0.3, 0.4) is 0 Å². The fourth-order valence-electron chi connectivity index (χ4n) is 3.34. The highest BCUT2D eigenvalue weighted by molar-refractivity contribution is 5.97. The van der Waals surface area contributed by atoms with Crippen molar-refractivity contribution in [2.24, 2.45) is 5.92 Å². The molecule has 1 aliphatic rings. The van der Waals surface area contributed by atoms with E-state index in [1.807, 2.05) is 32.0 Å². The van der Waals surface area contributed by atoms with E-state index in [0.717, 1.165) is 36.2 Å². The van der Waals surface area contributed by atoms with Crippen LogP contribution in [0.15, 0.2) is 54.6 Å². The van der Waals surface area contributed by atoms with Gasteiger partial charge in [0, 0.05) is 34.8 Å². The third kappa shape index (κ3) is 3.74. The molecule has 1 aromatic heterocycles. The molecule has 0 radical (unpaired) electrons. The van der Waals surface area contributed by atoms with Gasteiger partial charge in [-0.1, -0.05) is 30.3 Å². The number of hydrogen-bond donors (Lipinski definition) is 1. The summed E-state index contributed by atoms with van der Waals surface area (Å²) in [5, 5.41) is 7.37. The molecule has 0 unspecified atom stereocenters. The molecule has 0 saturated heterocycles. The van der Waals surface area contributed by atoms with Gasteiger partial charge in [-0.05, 0) is 56.5 Å². The van der Waals surface area contributed by atoms with Gasteiger partial charge < -0.3 is 5.32 Å². The fraction of sp³-hybridized carbons (Fsp3) is 0.261. The van der Waals surface area contributed by atoms with E-state index in [0.29, 0.717) is 11.3 Å². The van der Waals surface area contributed by atoms with E-state index in [1.165, 1.54) is 10.2 Å². The smallest absolute Gasteiger partial charge is 0.278 e. The maximum absolute atomic E-state index is 12.9. The van der Waals surface area contributed by atoms with Gasteiger partial charge in [-0.3, -0.25) is 9.59 Å². The van der Waals surface area contributed by atoms with Crippen LogP contribution >= 0.6 is 0 Å². The summed E-state index contributed by atoms with van der Waals surface area (Å²) in [4.78, 5) is 24.8. The summed E-state index contributed by atoms with van der Waals surface area (Å²) in [7, 11) is 0. The maximum Gasteiger partial charge on any atom is 0.278 e. The van der Waals surface area contributed by atoms with Gasteiger partial charge in [0.2, 0.25) is 5.91 Å². The summed E-state index contributed by atoms with van der Waals surface area (Å²) < 4.78 is 1.48. The Morgan fingerprint density at radius 2 is 1.71 bits per heavy atom. The molecule has 5 nitrogen and oxygen atoms in total. The van der Waals surface area contributed by atoms with Crippen molar-refractivity contribution in [3.8, 4) is 0 Å². The molecule has 2 aromatic carbocycles. The van der Waals surface area contributed by atoms with Crippen molar-refractivity contribution in [1.82, 2.24) is 9.78 Å². The lowest BCUT2D eigenvalue weighted by Gasteiger charge is -2.07. The first-order valence-corrected chi connectivity index (χ1v) is 9.57. The van der Waals surface area contributed by atoms with Crippen molar-refractivity contribution >= 4 is 17.5 Å². The summed E-state index contributed by atoms with van der Waals surface area (Å²) in [6.07, 6.45) is 2.68. The quantitative estimate of drug-likeness (QED) is 0.731. The molecule has 1 fully saturated rings. The zero-order chi connectivity index (χ0) is 19.7. The number of aryl methyl sites for hydroxylation is 1. The van der Waals surface area contributed by atoms with Crippen LogP contribution in [0, 0.1) is 19.8 Å². The Morgan fingerprint density at radius 3 is 2.36 bits per heavy atom. The van der Waals surface area contributed by atoms with E-state index in [1.54, 1.807) is 24.3 Å². The summed E-state index contributed by atoms with van der Waals surface area (Å²) in [6, 6.07) is 17.2. The third-order valence-corrected chi connectivity index (χ3v) is 5.20. The molecule has 1 heterocycles. The minimum absolute atomic E-state index is 0.0585. The molecule has 0 bridgehead atoms. The van der Waals surface area contributed by atoms with Gasteiger partial charge in [0.1, 0.15) is 0 Å². The molecule has 1 amide bonds. The lowest BCUT2D eigenvalue weighted by Crippen LogP contribution is -2.16. The summed E-state index contributed by atoms with van der Waals surface area (Å²) in [5.74, 6) is 0.0437. The number of benzene rings is 2. The van der Waals surface area contributed by atoms with E-state index in [2.05, 4.69) is 22.5 Å². The number of hydrogen-bond acceptors (Lipinski definition) is 3. The molecular weight excluding hydrogens is 350 g/mol. The number of nitrogens with zero attached hydrogens (tertiary/aromatic N) is 2. The zero-order valence-electron chi connectivity index (χ0n) is 16.1. The Kier molecular flexibility index (Phi) is 4.82. The molecule has 28 heavy (non-hydrogen) atoms. The second-order valence-electron chi connectivity index (χ2n) is 7.37. The van der Waals surface area contributed by atoms with Crippen LogP contribution in [0.5, 0.6) is 0 Å². The minimum atomic E-state index is -0.167. The molecule has 4 rings (SSSR count). The SMILES string of the molecule is Cc1nn(C(=O)c2ccc(NC(=O)C3CC3)cc2)c(C)c1Cc1ccccc1. The molecule has 0 spiro atoms. The third-order valence-electron chi connectivity index (χ3n) is 5.20. The summed E-state index contributed by atoms with van der Waals surface area (Å²) in [6.45, 7) is 3.87. The first-order valence-electron chi connectivity index (χ1n) is 9.57. The molecule has 142 valence electrons. The van der Waals surface area contributed by atoms with E-state index < -0.39 is 0 Å². The Morgan fingerprint density at radius 1 is 1.04 bits per heavy atom. The average molecular weight is 373 g/mol. The van der Waals surface area contributed by atoms with Crippen LogP contribution in [0.4, 0.5) is 5.69 Å². The van der Waals surface area contributed by atoms with Crippen LogP contribution < -0.4 is 5.32 Å². The van der Waals surface area contributed by atoms with Crippen LogP contribution in [0.2, 0.25) is 0 Å². The van der Waals surface area contributed by atoms with Crippen molar-refractivity contribution < 1.29 is 9.59 Å². The molecule has 3 aromatic rings. The first kappa shape index (κ1) is 18.2. The highest BCUT2D eigenvalue weighted by Crippen LogP contribution is 2.30. The molecule has 1 aliphatic carbocycles. The molecule has 1 N–H and O–H groups in total. The molecule has 5 heteroatoms. The van der Waals surface area contributed by atoms with Gasteiger partial charge in [0.25, 0.3) is 5.91 Å². The fourth-order valence-corrected chi connectivity index (χ4v) is 3.34. The number of rotatable bonds is 5. The van der Waals surface area contributed by atoms with Crippen molar-refractivity contribution in [2.45, 2.75) is 33.1 Å². The zero-order valence-corrected chi connectivity index (χ0v) is 16.1. The Labute approximate surface area is 164 Å². The maximum atomic E-state index is 12.9. The van der Waals surface area contributed by atoms with Gasteiger partial charge in [-0.2, -0.15) is 5.10 Å². The highest BCUT2D eigenvalue weighted by atomic mass is 16.2. The van der Waals surface area contributed by atoms with Gasteiger partial charge in [-0.15, -0.1) is 0 Å². The van der Waals surface area contributed by atoms with Crippen LogP contribution in [-0.4, -0.2) is 21.6 Å². The van der Waals surface area contributed by atoms with Crippen molar-refractivity contribution in [3.05, 3.63) is 82.7 Å². The molecular formula is C23H23N3O2. The second kappa shape index (κ2) is 7.43. The number of nitrogens with one attached hydrogen (secondary N) is 1. The normalized spacial score (nSPS) is 13.4. The molecule has 1 saturated carbocycles. The molecule has 0 aliphatic heterocycles. The van der Waals surface area contributed by atoms with E-state index in [9.17, 15) is 9.59 Å². The highest BCUT2D eigenvalue weighted by Gasteiger charge is 2.29. The van der Waals surface area contributed by atoms with Crippen molar-refractivity contribution in [3.63, 3.8) is 0 Å². The van der Waals surface area contributed by atoms with Gasteiger partial charge in [0.05, 0.1) is 5.69 Å². The van der Waals surface area contributed by atoms with Crippen LogP contribution in [-0.2, 0) is 11.2 Å². The number of carbonyl (C=O) groups is 2. The predicted octanol–water partition coefficient (Wildman–Crippen LogP) is 4.13. The largest absolute Gasteiger partial charge is 0.326 e. The number of amides is 1. The van der Waals surface area contributed by atoms with Crippen molar-refractivity contribution in [1.29, 1.82) is 0 Å². The summed E-state index contributed by atoms with van der Waals surface area (Å²) in [5.41, 5.74) is 5.25. The van der Waals surface area contributed by atoms with Gasteiger partial charge in [0.15, 0.2) is 0 Å². The van der Waals surface area contributed by atoms with E-state index in [-0.39, 0.29) is 17.7 Å². The predicted molar refractivity (Wildman–Crippen MR) is 108 cm³/mol. The average Bonchev–Trinajstić information content (AvgIpc) is 3.52. The lowest BCUT2D eigenvalue weighted by molar-refractivity contribution is -0.117. The van der Waals surface area contributed by atoms with Crippen LogP contribution in [0.1, 0.15) is 45.7 Å². The Balaban J connectivity index is 1.53. The Hall–Kier alpha value is -3.21. The van der Waals surface area contributed by atoms with Crippen LogP contribution in [0.25, 0.3) is 0 Å². The van der Waals surface area contributed by atoms with Gasteiger partial charge >= 0.3 is 0 Å². The second-order valence-corrected chi connectivity index (χ2v) is 7.37. The number of carbonyl (C=O) groups excluding carboxylic acids is 2.